The Kier molecular flexibility index (Phi) is 4.88. The van der Waals surface area contributed by atoms with Gasteiger partial charge in [0.05, 0.1) is 6.04 Å². The predicted molar refractivity (Wildman–Crippen MR) is 111 cm³/mol. The van der Waals surface area contributed by atoms with Crippen LogP contribution in [0.1, 0.15) is 50.8 Å². The maximum absolute atomic E-state index is 13.1. The van der Waals surface area contributed by atoms with Crippen molar-refractivity contribution in [2.75, 3.05) is 13.2 Å². The van der Waals surface area contributed by atoms with Crippen LogP contribution < -0.4 is 0 Å². The number of fused-ring (bicyclic) bond motifs is 1. The Labute approximate surface area is 169 Å². The Hall–Kier alpha value is -3.12. The minimum atomic E-state index is -0.321. The number of nitrogens with one attached hydrogen (secondary N) is 1. The molecule has 2 heterocycles. The van der Waals surface area contributed by atoms with Crippen LogP contribution >= 0.6 is 0 Å². The third-order valence-corrected chi connectivity index (χ3v) is 5.51. The number of hydrogen-bond donors (Lipinski definition) is 3. The summed E-state index contributed by atoms with van der Waals surface area (Å²) in [6.07, 6.45) is 0.496. The van der Waals surface area contributed by atoms with Crippen molar-refractivity contribution in [3.05, 3.63) is 69.9 Å². The van der Waals surface area contributed by atoms with Crippen LogP contribution in [0.3, 0.4) is 0 Å². The minimum Gasteiger partial charge on any atom is -0.507 e. The van der Waals surface area contributed by atoms with E-state index in [4.69, 9.17) is 0 Å². The fraction of sp³-hybridized carbons (Fsp3) is 0.304. The van der Waals surface area contributed by atoms with E-state index in [1.165, 1.54) is 0 Å². The molecule has 150 valence electrons. The van der Waals surface area contributed by atoms with E-state index >= 15 is 0 Å². The standard InChI is InChI=1S/C23H25N3O3/c1-13-5-7-16(8-6-13)21-18-19(17-12-14(2)11-15(3)22(17)28)24-25-20(18)23(29)26(21)9-4-10-27/h5-8,11-12,21,27-28H,4,9-10H2,1-3H3,(H,24,25). The second-order valence-electron chi connectivity index (χ2n) is 7.73. The van der Waals surface area contributed by atoms with E-state index in [9.17, 15) is 15.0 Å². The lowest BCUT2D eigenvalue weighted by atomic mass is 9.93. The quantitative estimate of drug-likeness (QED) is 0.619. The third-order valence-electron chi connectivity index (χ3n) is 5.51. The lowest BCUT2D eigenvalue weighted by Crippen LogP contribution is -2.31. The van der Waals surface area contributed by atoms with Gasteiger partial charge in [-0.3, -0.25) is 9.89 Å². The van der Waals surface area contributed by atoms with E-state index in [-0.39, 0.29) is 24.3 Å². The first-order chi connectivity index (χ1) is 13.9. The van der Waals surface area contributed by atoms with Crippen molar-refractivity contribution < 1.29 is 15.0 Å². The van der Waals surface area contributed by atoms with Crippen LogP contribution in [0.2, 0.25) is 0 Å². The first-order valence-corrected chi connectivity index (χ1v) is 9.79. The lowest BCUT2D eigenvalue weighted by Gasteiger charge is -2.26. The van der Waals surface area contributed by atoms with Crippen molar-refractivity contribution in [1.29, 1.82) is 0 Å². The van der Waals surface area contributed by atoms with Gasteiger partial charge in [0.15, 0.2) is 0 Å². The number of carbonyl (C=O) groups is 1. The molecule has 1 aromatic heterocycles. The van der Waals surface area contributed by atoms with E-state index in [1.807, 2.05) is 57.2 Å². The third kappa shape index (κ3) is 3.19. The number of nitrogens with zero attached hydrogens (tertiary/aromatic N) is 2. The molecule has 0 spiro atoms. The second-order valence-corrected chi connectivity index (χ2v) is 7.73. The van der Waals surface area contributed by atoms with Crippen LogP contribution in [0.4, 0.5) is 0 Å². The molecule has 4 rings (SSSR count). The van der Waals surface area contributed by atoms with Crippen LogP contribution in [0.5, 0.6) is 5.75 Å². The van der Waals surface area contributed by atoms with Gasteiger partial charge >= 0.3 is 0 Å². The van der Waals surface area contributed by atoms with Crippen LogP contribution in [0.15, 0.2) is 36.4 Å². The van der Waals surface area contributed by atoms with Crippen molar-refractivity contribution in [3.8, 4) is 17.0 Å². The predicted octanol–water partition coefficient (Wildman–Crippen LogP) is 3.64. The number of aromatic amines is 1. The molecule has 1 aliphatic rings. The van der Waals surface area contributed by atoms with Crippen LogP contribution in [0, 0.1) is 20.8 Å². The lowest BCUT2D eigenvalue weighted by molar-refractivity contribution is 0.0732. The molecular weight excluding hydrogens is 366 g/mol. The van der Waals surface area contributed by atoms with E-state index in [0.717, 1.165) is 27.8 Å². The minimum absolute atomic E-state index is 0.0152. The van der Waals surface area contributed by atoms with E-state index in [1.54, 1.807) is 4.90 Å². The Morgan fingerprint density at radius 3 is 2.52 bits per heavy atom. The number of hydrogen-bond acceptors (Lipinski definition) is 4. The number of phenolic OH excluding ortho intramolecular Hbond substituents is 1. The SMILES string of the molecule is Cc1ccc(C2c3c(-c4cc(C)cc(C)c4O)n[nH]c3C(=O)N2CCCO)cc1. The van der Waals surface area contributed by atoms with E-state index < -0.39 is 0 Å². The molecular formula is C23H25N3O3. The first kappa shape index (κ1) is 19.2. The average molecular weight is 391 g/mol. The zero-order chi connectivity index (χ0) is 20.7. The fourth-order valence-electron chi connectivity index (χ4n) is 4.11. The summed E-state index contributed by atoms with van der Waals surface area (Å²) in [7, 11) is 0. The highest BCUT2D eigenvalue weighted by Gasteiger charge is 2.42. The number of aryl methyl sites for hydroxylation is 3. The van der Waals surface area contributed by atoms with Gasteiger partial charge in [0, 0.05) is 24.3 Å². The molecule has 3 aromatic rings. The normalized spacial score (nSPS) is 15.8. The number of aromatic hydroxyl groups is 1. The van der Waals surface area contributed by atoms with Crippen molar-refractivity contribution in [1.82, 2.24) is 15.1 Å². The molecule has 0 saturated heterocycles. The summed E-state index contributed by atoms with van der Waals surface area (Å²) in [5.74, 6) is 0.0375. The van der Waals surface area contributed by atoms with Gasteiger partial charge in [0.1, 0.15) is 17.1 Å². The van der Waals surface area contributed by atoms with E-state index in [2.05, 4.69) is 10.2 Å². The Morgan fingerprint density at radius 2 is 1.83 bits per heavy atom. The largest absolute Gasteiger partial charge is 0.507 e. The van der Waals surface area contributed by atoms with Crippen LogP contribution in [-0.2, 0) is 0 Å². The Balaban J connectivity index is 1.91. The first-order valence-electron chi connectivity index (χ1n) is 9.79. The number of phenols is 1. The fourth-order valence-corrected chi connectivity index (χ4v) is 4.11. The number of aliphatic hydroxyl groups is 1. The second kappa shape index (κ2) is 7.37. The molecule has 1 atom stereocenters. The van der Waals surface area contributed by atoms with Gasteiger partial charge in [0.2, 0.25) is 0 Å². The Morgan fingerprint density at radius 1 is 1.10 bits per heavy atom. The molecule has 2 aromatic carbocycles. The Bertz CT molecular complexity index is 1070. The van der Waals surface area contributed by atoms with Crippen LogP contribution in [0.25, 0.3) is 11.3 Å². The number of aromatic nitrogens is 2. The average Bonchev–Trinajstić information content (AvgIpc) is 3.23. The topological polar surface area (TPSA) is 89.5 Å². The highest BCUT2D eigenvalue weighted by atomic mass is 16.3. The van der Waals surface area contributed by atoms with Gasteiger partial charge in [0.25, 0.3) is 5.91 Å². The summed E-state index contributed by atoms with van der Waals surface area (Å²) in [4.78, 5) is 14.9. The number of aliphatic hydroxyl groups excluding tert-OH is 1. The molecule has 0 radical (unpaired) electrons. The summed E-state index contributed by atoms with van der Waals surface area (Å²) in [5, 5.41) is 27.3. The van der Waals surface area contributed by atoms with Gasteiger partial charge in [-0.15, -0.1) is 0 Å². The molecule has 0 saturated carbocycles. The van der Waals surface area contributed by atoms with Gasteiger partial charge in [-0.25, -0.2) is 0 Å². The smallest absolute Gasteiger partial charge is 0.273 e. The molecule has 29 heavy (non-hydrogen) atoms. The van der Waals surface area contributed by atoms with Gasteiger partial charge in [-0.1, -0.05) is 35.9 Å². The van der Waals surface area contributed by atoms with Gasteiger partial charge in [-0.05, 0) is 49.9 Å². The highest BCUT2D eigenvalue weighted by molar-refractivity contribution is 6.00. The number of amides is 1. The van der Waals surface area contributed by atoms with E-state index in [0.29, 0.717) is 29.9 Å². The summed E-state index contributed by atoms with van der Waals surface area (Å²) in [6.45, 7) is 6.30. The van der Waals surface area contributed by atoms with Crippen molar-refractivity contribution in [2.24, 2.45) is 0 Å². The molecule has 0 fully saturated rings. The number of H-pyrrole nitrogens is 1. The van der Waals surface area contributed by atoms with Gasteiger partial charge < -0.3 is 15.1 Å². The zero-order valence-electron chi connectivity index (χ0n) is 16.9. The number of benzene rings is 2. The molecule has 0 aliphatic carbocycles. The zero-order valence-corrected chi connectivity index (χ0v) is 16.9. The van der Waals surface area contributed by atoms with Crippen molar-refractivity contribution >= 4 is 5.91 Å². The number of rotatable bonds is 5. The maximum atomic E-state index is 13.1. The summed E-state index contributed by atoms with van der Waals surface area (Å²) in [5.41, 5.74) is 6.33. The van der Waals surface area contributed by atoms with Crippen molar-refractivity contribution in [3.63, 3.8) is 0 Å². The molecule has 1 amide bonds. The summed E-state index contributed by atoms with van der Waals surface area (Å²) in [6, 6.07) is 11.6. The van der Waals surface area contributed by atoms with Crippen LogP contribution in [-0.4, -0.2) is 44.4 Å². The molecule has 6 nitrogen and oxygen atoms in total. The monoisotopic (exact) mass is 391 g/mol. The highest BCUT2D eigenvalue weighted by Crippen LogP contribution is 2.45. The molecule has 1 aliphatic heterocycles. The molecule has 6 heteroatoms. The summed E-state index contributed by atoms with van der Waals surface area (Å²) < 4.78 is 0. The molecule has 0 bridgehead atoms. The van der Waals surface area contributed by atoms with Gasteiger partial charge in [-0.2, -0.15) is 5.10 Å². The summed E-state index contributed by atoms with van der Waals surface area (Å²) >= 11 is 0. The van der Waals surface area contributed by atoms with Crippen molar-refractivity contribution in [2.45, 2.75) is 33.2 Å². The maximum Gasteiger partial charge on any atom is 0.273 e. The molecule has 3 N–H and O–H groups in total. The number of carbonyl (C=O) groups excluding carboxylic acids is 1. The molecule has 1 unspecified atom stereocenters.